The van der Waals surface area contributed by atoms with Gasteiger partial charge in [-0.3, -0.25) is 0 Å². The third kappa shape index (κ3) is 4.98. The van der Waals surface area contributed by atoms with Crippen LogP contribution in [0.4, 0.5) is 0 Å². The Kier molecular flexibility index (Phi) is 7.31. The normalized spacial score (nSPS) is 35.4. The molecule has 3 aliphatic rings. The van der Waals surface area contributed by atoms with Crippen molar-refractivity contribution >= 4 is 0 Å². The highest BCUT2D eigenvalue weighted by molar-refractivity contribution is 5.36. The Bertz CT molecular complexity index is 691. The van der Waals surface area contributed by atoms with Crippen molar-refractivity contribution in [2.75, 3.05) is 0 Å². The summed E-state index contributed by atoms with van der Waals surface area (Å²) < 4.78 is 0. The predicted molar refractivity (Wildman–Crippen MR) is 126 cm³/mol. The smallest absolute Gasteiger partial charge is 0.0583 e. The Balaban J connectivity index is 1.73. The summed E-state index contributed by atoms with van der Waals surface area (Å²) in [6.45, 7) is 14.2. The summed E-state index contributed by atoms with van der Waals surface area (Å²) >= 11 is 0. The average Bonchev–Trinajstić information content (AvgIpc) is 3.04. The third-order valence-electron chi connectivity index (χ3n) is 8.61. The maximum absolute atomic E-state index is 10.1. The van der Waals surface area contributed by atoms with Crippen LogP contribution >= 0.6 is 0 Å². The quantitative estimate of drug-likeness (QED) is 0.457. The van der Waals surface area contributed by atoms with Crippen molar-refractivity contribution in [3.8, 4) is 0 Å². The fourth-order valence-electron chi connectivity index (χ4n) is 6.10. The lowest BCUT2D eigenvalue weighted by atomic mass is 9.62. The summed E-state index contributed by atoms with van der Waals surface area (Å²) in [5, 5.41) is 10.1. The number of rotatable bonds is 6. The zero-order valence-corrected chi connectivity index (χ0v) is 19.7. The van der Waals surface area contributed by atoms with Crippen molar-refractivity contribution in [2.45, 2.75) is 92.6 Å². The second-order valence-electron chi connectivity index (χ2n) is 10.9. The van der Waals surface area contributed by atoms with Gasteiger partial charge >= 0.3 is 0 Å². The molecule has 1 fully saturated rings. The minimum Gasteiger partial charge on any atom is -0.393 e. The van der Waals surface area contributed by atoms with Crippen LogP contribution in [0.3, 0.4) is 0 Å². The topological polar surface area (TPSA) is 20.2 Å². The molecule has 0 bridgehead atoms. The Morgan fingerprint density at radius 3 is 2.55 bits per heavy atom. The van der Waals surface area contributed by atoms with E-state index >= 15 is 0 Å². The second kappa shape index (κ2) is 9.38. The van der Waals surface area contributed by atoms with Gasteiger partial charge in [0, 0.05) is 0 Å². The van der Waals surface area contributed by atoms with Crippen LogP contribution in [-0.2, 0) is 0 Å². The van der Waals surface area contributed by atoms with Gasteiger partial charge in [0.05, 0.1) is 6.10 Å². The number of fused-ring (bicyclic) bond motifs is 1. The molecular formula is C28H44O. The van der Waals surface area contributed by atoms with Crippen LogP contribution in [-0.4, -0.2) is 11.2 Å². The van der Waals surface area contributed by atoms with Crippen LogP contribution in [0, 0.1) is 35.0 Å². The molecule has 6 atom stereocenters. The molecule has 0 aromatic heterocycles. The first-order valence-corrected chi connectivity index (χ1v) is 12.2. The first-order chi connectivity index (χ1) is 13.7. The maximum Gasteiger partial charge on any atom is 0.0583 e. The summed E-state index contributed by atoms with van der Waals surface area (Å²) in [7, 11) is 0. The monoisotopic (exact) mass is 396 g/mol. The van der Waals surface area contributed by atoms with Crippen LogP contribution in [0.1, 0.15) is 86.5 Å². The van der Waals surface area contributed by atoms with Gasteiger partial charge in [-0.05, 0) is 98.0 Å². The molecule has 29 heavy (non-hydrogen) atoms. The fraction of sp³-hybridized carbons (Fsp3) is 0.714. The van der Waals surface area contributed by atoms with Crippen molar-refractivity contribution in [2.24, 2.45) is 35.0 Å². The number of aliphatic hydroxyl groups excluding tert-OH is 1. The lowest BCUT2D eigenvalue weighted by Crippen LogP contribution is -2.34. The molecule has 1 saturated carbocycles. The molecule has 0 aromatic rings. The van der Waals surface area contributed by atoms with Crippen molar-refractivity contribution in [3.63, 3.8) is 0 Å². The van der Waals surface area contributed by atoms with Crippen LogP contribution < -0.4 is 0 Å². The van der Waals surface area contributed by atoms with Gasteiger partial charge in [-0.25, -0.2) is 0 Å². The van der Waals surface area contributed by atoms with Gasteiger partial charge in [0.15, 0.2) is 0 Å². The number of hydrogen-bond donors (Lipinski definition) is 1. The lowest BCUT2D eigenvalue weighted by molar-refractivity contribution is 0.129. The molecule has 0 amide bonds. The molecule has 1 nitrogen and oxygen atoms in total. The van der Waals surface area contributed by atoms with Crippen molar-refractivity contribution in [3.05, 3.63) is 47.1 Å². The summed E-state index contributed by atoms with van der Waals surface area (Å²) in [6, 6.07) is 0. The van der Waals surface area contributed by atoms with Gasteiger partial charge in [0.25, 0.3) is 0 Å². The first-order valence-electron chi connectivity index (χ1n) is 12.2. The van der Waals surface area contributed by atoms with Crippen molar-refractivity contribution in [1.29, 1.82) is 0 Å². The van der Waals surface area contributed by atoms with E-state index in [4.69, 9.17) is 0 Å². The summed E-state index contributed by atoms with van der Waals surface area (Å²) in [6.07, 6.45) is 20.1. The standard InChI is InChI=1S/C28H44O/c1-19(2)20(3)9-10-22(5)26-15-16-27-23(8-7-17-28(26,27)6)12-13-24-18-25(29)14-11-21(24)4/h8-10,12-13,19-20,22,25-27,29H,7,11,14-18H2,1-6H3/t20-,22+,25-,26+,27+,28+/m0/s1. The maximum atomic E-state index is 10.1. The Hall–Kier alpha value is -1.08. The molecule has 0 radical (unpaired) electrons. The van der Waals surface area contributed by atoms with Crippen molar-refractivity contribution < 1.29 is 5.11 Å². The SMILES string of the molecule is CC1=C(C=CC2=CCC[C@@]3(C)[C@@H]2CC[C@@H]3[C@H](C)C=C[C@H](C)C(C)C)C[C@@H](O)CC1. The van der Waals surface area contributed by atoms with Gasteiger partial charge in [-0.2, -0.15) is 0 Å². The molecule has 0 spiro atoms. The number of aliphatic hydroxyl groups is 1. The van der Waals surface area contributed by atoms with Gasteiger partial charge in [-0.15, -0.1) is 0 Å². The van der Waals surface area contributed by atoms with E-state index in [2.05, 4.69) is 71.9 Å². The van der Waals surface area contributed by atoms with E-state index in [9.17, 15) is 5.11 Å². The Labute approximate surface area is 180 Å². The minimum absolute atomic E-state index is 0.152. The molecule has 0 aromatic carbocycles. The molecule has 1 heteroatoms. The van der Waals surface area contributed by atoms with Crippen LogP contribution in [0.15, 0.2) is 47.1 Å². The van der Waals surface area contributed by atoms with E-state index in [1.807, 2.05) is 0 Å². The zero-order chi connectivity index (χ0) is 21.2. The first kappa shape index (κ1) is 22.6. The molecular weight excluding hydrogens is 352 g/mol. The molecule has 0 heterocycles. The van der Waals surface area contributed by atoms with Crippen molar-refractivity contribution in [1.82, 2.24) is 0 Å². The Morgan fingerprint density at radius 1 is 1.07 bits per heavy atom. The summed E-state index contributed by atoms with van der Waals surface area (Å²) in [5.74, 6) is 3.53. The van der Waals surface area contributed by atoms with Crippen LogP contribution in [0.25, 0.3) is 0 Å². The summed E-state index contributed by atoms with van der Waals surface area (Å²) in [4.78, 5) is 0. The van der Waals surface area contributed by atoms with E-state index in [1.165, 1.54) is 36.8 Å². The van der Waals surface area contributed by atoms with E-state index in [1.54, 1.807) is 5.57 Å². The second-order valence-corrected chi connectivity index (χ2v) is 10.9. The number of allylic oxidation sites excluding steroid dienone is 7. The van der Waals surface area contributed by atoms with Crippen LogP contribution in [0.5, 0.6) is 0 Å². The van der Waals surface area contributed by atoms with Gasteiger partial charge in [0.2, 0.25) is 0 Å². The van der Waals surface area contributed by atoms with E-state index in [-0.39, 0.29) is 6.10 Å². The highest BCUT2D eigenvalue weighted by Gasteiger charge is 2.49. The largest absolute Gasteiger partial charge is 0.393 e. The molecule has 0 saturated heterocycles. The van der Waals surface area contributed by atoms with E-state index < -0.39 is 0 Å². The zero-order valence-electron chi connectivity index (χ0n) is 19.7. The lowest BCUT2D eigenvalue weighted by Gasteiger charge is -2.42. The van der Waals surface area contributed by atoms with Gasteiger partial charge in [0.1, 0.15) is 0 Å². The third-order valence-corrected chi connectivity index (χ3v) is 8.61. The molecule has 3 rings (SSSR count). The Morgan fingerprint density at radius 2 is 1.83 bits per heavy atom. The molecule has 3 aliphatic carbocycles. The van der Waals surface area contributed by atoms with Crippen LogP contribution in [0.2, 0.25) is 0 Å². The fourth-order valence-corrected chi connectivity index (χ4v) is 6.10. The molecule has 1 N–H and O–H groups in total. The minimum atomic E-state index is -0.152. The van der Waals surface area contributed by atoms with E-state index in [0.29, 0.717) is 23.2 Å². The van der Waals surface area contributed by atoms with E-state index in [0.717, 1.165) is 31.1 Å². The highest BCUT2D eigenvalue weighted by Crippen LogP contribution is 2.58. The highest BCUT2D eigenvalue weighted by atomic mass is 16.3. The number of hydrogen-bond acceptors (Lipinski definition) is 1. The summed E-state index contributed by atoms with van der Waals surface area (Å²) in [5.41, 5.74) is 4.82. The predicted octanol–water partition coefficient (Wildman–Crippen LogP) is 7.64. The molecule has 162 valence electrons. The van der Waals surface area contributed by atoms with Gasteiger partial charge in [-0.1, -0.05) is 70.6 Å². The van der Waals surface area contributed by atoms with Gasteiger partial charge < -0.3 is 5.11 Å². The molecule has 0 unspecified atom stereocenters. The average molecular weight is 397 g/mol. The molecule has 0 aliphatic heterocycles.